The van der Waals surface area contributed by atoms with Gasteiger partial charge in [-0.25, -0.2) is 0 Å². The molecule has 0 fully saturated rings. The summed E-state index contributed by atoms with van der Waals surface area (Å²) in [7, 11) is 1.59. The second-order valence-corrected chi connectivity index (χ2v) is 5.14. The third-order valence-electron chi connectivity index (χ3n) is 2.42. The van der Waals surface area contributed by atoms with Gasteiger partial charge in [0.25, 0.3) is 0 Å². The minimum Gasteiger partial charge on any atom is -0.497 e. The maximum atomic E-state index is 11.0. The van der Waals surface area contributed by atoms with Crippen molar-refractivity contribution in [1.82, 2.24) is 0 Å². The fraction of sp³-hybridized carbons (Fsp3) is 0.0769. The lowest BCUT2D eigenvalue weighted by molar-refractivity contribution is -0.387. The Balaban J connectivity index is 2.32. The summed E-state index contributed by atoms with van der Waals surface area (Å²) in [6.45, 7) is 0. The smallest absolute Gasteiger partial charge is 0.301 e. The van der Waals surface area contributed by atoms with Gasteiger partial charge in [0, 0.05) is 4.90 Å². The molecule has 4 nitrogen and oxygen atoms in total. The molecule has 0 aliphatic carbocycles. The molecule has 0 amide bonds. The number of hydrogen-bond acceptors (Lipinski definition) is 4. The summed E-state index contributed by atoms with van der Waals surface area (Å²) in [5, 5.41) is 11.2. The average molecular weight is 296 g/mol. The predicted molar refractivity (Wildman–Crippen MR) is 75.2 cm³/mol. The maximum absolute atomic E-state index is 11.0. The molecule has 0 N–H and O–H groups in total. The van der Waals surface area contributed by atoms with Gasteiger partial charge in [-0.2, -0.15) is 0 Å². The topological polar surface area (TPSA) is 52.4 Å². The Labute approximate surface area is 119 Å². The number of hydrogen-bond donors (Lipinski definition) is 0. The highest BCUT2D eigenvalue weighted by atomic mass is 35.5. The summed E-state index contributed by atoms with van der Waals surface area (Å²) < 4.78 is 5.06. The summed E-state index contributed by atoms with van der Waals surface area (Å²) in [5.74, 6) is 0.741. The van der Waals surface area contributed by atoms with Gasteiger partial charge in [0.05, 0.1) is 16.9 Å². The van der Waals surface area contributed by atoms with Gasteiger partial charge in [-0.05, 0) is 36.4 Å². The van der Waals surface area contributed by atoms with Crippen molar-refractivity contribution in [3.63, 3.8) is 0 Å². The van der Waals surface area contributed by atoms with Crippen LogP contribution in [0.4, 0.5) is 5.69 Å². The first-order valence-electron chi connectivity index (χ1n) is 5.36. The molecule has 2 aromatic rings. The van der Waals surface area contributed by atoms with E-state index in [1.54, 1.807) is 31.4 Å². The van der Waals surface area contributed by atoms with Crippen LogP contribution in [-0.2, 0) is 0 Å². The number of nitro groups is 1. The van der Waals surface area contributed by atoms with Gasteiger partial charge in [0.1, 0.15) is 10.8 Å². The van der Waals surface area contributed by atoms with Crippen LogP contribution < -0.4 is 4.74 Å². The second kappa shape index (κ2) is 5.95. The molecular weight excluding hydrogens is 286 g/mol. The van der Waals surface area contributed by atoms with E-state index in [-0.39, 0.29) is 10.7 Å². The van der Waals surface area contributed by atoms with Gasteiger partial charge in [-0.15, -0.1) is 0 Å². The van der Waals surface area contributed by atoms with E-state index in [2.05, 4.69) is 0 Å². The number of benzene rings is 2. The Kier molecular flexibility index (Phi) is 4.29. The van der Waals surface area contributed by atoms with Gasteiger partial charge >= 0.3 is 5.69 Å². The van der Waals surface area contributed by atoms with Gasteiger partial charge in [-0.1, -0.05) is 29.4 Å². The molecule has 0 aliphatic rings. The molecule has 0 bridgehead atoms. The monoisotopic (exact) mass is 295 g/mol. The largest absolute Gasteiger partial charge is 0.497 e. The summed E-state index contributed by atoms with van der Waals surface area (Å²) in [4.78, 5) is 12.0. The van der Waals surface area contributed by atoms with E-state index >= 15 is 0 Å². The first kappa shape index (κ1) is 13.7. The fourth-order valence-corrected chi connectivity index (χ4v) is 2.78. The highest BCUT2D eigenvalue weighted by Crippen LogP contribution is 2.39. The number of nitrogens with zero attached hydrogens (tertiary/aromatic N) is 1. The molecule has 0 saturated heterocycles. The van der Waals surface area contributed by atoms with E-state index in [9.17, 15) is 10.1 Å². The molecule has 6 heteroatoms. The predicted octanol–water partition coefficient (Wildman–Crippen LogP) is 4.41. The Bertz CT molecular complexity index is 601. The van der Waals surface area contributed by atoms with Crippen molar-refractivity contribution in [2.24, 2.45) is 0 Å². The zero-order valence-electron chi connectivity index (χ0n) is 10.00. The lowest BCUT2D eigenvalue weighted by Gasteiger charge is -2.05. The Morgan fingerprint density at radius 1 is 1.21 bits per heavy atom. The van der Waals surface area contributed by atoms with Gasteiger partial charge in [0.2, 0.25) is 0 Å². The number of nitro benzene ring substituents is 1. The molecule has 0 aromatic heterocycles. The van der Waals surface area contributed by atoms with E-state index in [1.807, 2.05) is 12.1 Å². The van der Waals surface area contributed by atoms with Crippen molar-refractivity contribution in [3.05, 3.63) is 57.6 Å². The molecule has 0 heterocycles. The van der Waals surface area contributed by atoms with Crippen LogP contribution in [-0.4, -0.2) is 12.0 Å². The number of methoxy groups -OCH3 is 1. The molecule has 0 saturated carbocycles. The van der Waals surface area contributed by atoms with E-state index in [0.29, 0.717) is 4.90 Å². The summed E-state index contributed by atoms with van der Waals surface area (Å²) >= 11 is 7.16. The number of ether oxygens (including phenoxy) is 1. The molecule has 98 valence electrons. The minimum absolute atomic E-state index is 0.0648. The van der Waals surface area contributed by atoms with Crippen molar-refractivity contribution in [1.29, 1.82) is 0 Å². The van der Waals surface area contributed by atoms with Crippen molar-refractivity contribution < 1.29 is 9.66 Å². The average Bonchev–Trinajstić information content (AvgIpc) is 2.39. The van der Waals surface area contributed by atoms with Crippen LogP contribution in [0.3, 0.4) is 0 Å². The molecule has 0 atom stereocenters. The molecule has 19 heavy (non-hydrogen) atoms. The zero-order chi connectivity index (χ0) is 13.8. The van der Waals surface area contributed by atoms with Crippen LogP contribution in [0.25, 0.3) is 0 Å². The van der Waals surface area contributed by atoms with Crippen LogP contribution in [0.1, 0.15) is 0 Å². The normalized spacial score (nSPS) is 10.2. The van der Waals surface area contributed by atoms with Crippen molar-refractivity contribution in [2.45, 2.75) is 9.79 Å². The highest BCUT2D eigenvalue weighted by molar-refractivity contribution is 7.99. The van der Waals surface area contributed by atoms with E-state index in [4.69, 9.17) is 16.3 Å². The molecular formula is C13H10ClNO3S. The third-order valence-corrected chi connectivity index (χ3v) is 3.78. The van der Waals surface area contributed by atoms with E-state index < -0.39 is 4.92 Å². The quantitative estimate of drug-likeness (QED) is 0.619. The van der Waals surface area contributed by atoms with Crippen molar-refractivity contribution >= 4 is 29.1 Å². The lowest BCUT2D eigenvalue weighted by atomic mass is 10.3. The van der Waals surface area contributed by atoms with Crippen LogP contribution in [0.5, 0.6) is 5.75 Å². The highest BCUT2D eigenvalue weighted by Gasteiger charge is 2.18. The SMILES string of the molecule is COc1ccc(Sc2cccc(Cl)c2[N+](=O)[O-])cc1. The number of rotatable bonds is 4. The molecule has 0 unspecified atom stereocenters. The molecule has 2 aromatic carbocycles. The van der Waals surface area contributed by atoms with Crippen LogP contribution in [0.2, 0.25) is 5.02 Å². The van der Waals surface area contributed by atoms with Crippen LogP contribution >= 0.6 is 23.4 Å². The third kappa shape index (κ3) is 3.19. The Morgan fingerprint density at radius 2 is 1.89 bits per heavy atom. The Hall–Kier alpha value is -1.72. The van der Waals surface area contributed by atoms with Gasteiger partial charge < -0.3 is 4.74 Å². The maximum Gasteiger partial charge on any atom is 0.301 e. The molecule has 0 aliphatic heterocycles. The summed E-state index contributed by atoms with van der Waals surface area (Å²) in [6, 6.07) is 12.2. The lowest BCUT2D eigenvalue weighted by Crippen LogP contribution is -1.91. The fourth-order valence-electron chi connectivity index (χ4n) is 1.53. The van der Waals surface area contributed by atoms with Crippen LogP contribution in [0.15, 0.2) is 52.3 Å². The van der Waals surface area contributed by atoms with E-state index in [1.165, 1.54) is 17.8 Å². The Morgan fingerprint density at radius 3 is 2.47 bits per heavy atom. The second-order valence-electron chi connectivity index (χ2n) is 3.62. The summed E-state index contributed by atoms with van der Waals surface area (Å²) in [5.41, 5.74) is -0.0648. The van der Waals surface area contributed by atoms with Crippen molar-refractivity contribution in [2.75, 3.05) is 7.11 Å². The molecule has 0 spiro atoms. The number of halogens is 1. The summed E-state index contributed by atoms with van der Waals surface area (Å²) in [6.07, 6.45) is 0. The standard InChI is InChI=1S/C13H10ClNO3S/c1-18-9-5-7-10(8-6-9)19-12-4-2-3-11(14)13(12)15(16)17/h2-8H,1H3. The van der Waals surface area contributed by atoms with Gasteiger partial charge in [0.15, 0.2) is 0 Å². The van der Waals surface area contributed by atoms with Crippen LogP contribution in [0, 0.1) is 10.1 Å². The first-order valence-corrected chi connectivity index (χ1v) is 6.56. The van der Waals surface area contributed by atoms with Crippen molar-refractivity contribution in [3.8, 4) is 5.75 Å². The first-order chi connectivity index (χ1) is 9.11. The zero-order valence-corrected chi connectivity index (χ0v) is 11.6. The molecule has 0 radical (unpaired) electrons. The van der Waals surface area contributed by atoms with E-state index in [0.717, 1.165) is 10.6 Å². The van der Waals surface area contributed by atoms with Gasteiger partial charge in [-0.3, -0.25) is 10.1 Å². The molecule has 2 rings (SSSR count). The number of para-hydroxylation sites is 1. The minimum atomic E-state index is -0.464.